The normalized spacial score (nSPS) is 9.50. The van der Waals surface area contributed by atoms with Crippen LogP contribution in [0.15, 0.2) is 12.3 Å². The first-order chi connectivity index (χ1) is 6.68. The number of anilines is 1. The monoisotopic (exact) mass is 216 g/mol. The third-order valence-electron chi connectivity index (χ3n) is 1.28. The van der Waals surface area contributed by atoms with Crippen LogP contribution in [0.2, 0.25) is 5.28 Å². The van der Waals surface area contributed by atoms with E-state index in [-0.39, 0.29) is 11.9 Å². The second-order valence-corrected chi connectivity index (χ2v) is 2.64. The summed E-state index contributed by atoms with van der Waals surface area (Å²) >= 11 is 5.54. The topological polar surface area (TPSA) is 90.1 Å². The lowest BCUT2D eigenvalue weighted by atomic mass is 10.5. The quantitative estimate of drug-likeness (QED) is 0.569. The number of amides is 1. The lowest BCUT2D eigenvalue weighted by molar-refractivity contribution is 0.161. The average Bonchev–Trinajstić information content (AvgIpc) is 2.12. The van der Waals surface area contributed by atoms with Crippen molar-refractivity contribution in [2.45, 2.75) is 0 Å². The van der Waals surface area contributed by atoms with Crippen LogP contribution in [0.3, 0.4) is 0 Å². The molecule has 1 heterocycles. The van der Waals surface area contributed by atoms with Crippen molar-refractivity contribution in [3.05, 3.63) is 17.5 Å². The summed E-state index contributed by atoms with van der Waals surface area (Å²) < 4.78 is 4.49. The van der Waals surface area contributed by atoms with E-state index < -0.39 is 6.09 Å². The van der Waals surface area contributed by atoms with Gasteiger partial charge in [-0.1, -0.05) is 0 Å². The van der Waals surface area contributed by atoms with Crippen molar-refractivity contribution in [3.8, 4) is 0 Å². The maximum Gasteiger partial charge on any atom is 0.404 e. The number of rotatable bonds is 4. The van der Waals surface area contributed by atoms with E-state index in [0.717, 1.165) is 0 Å². The van der Waals surface area contributed by atoms with Crippen LogP contribution in [-0.2, 0) is 4.74 Å². The van der Waals surface area contributed by atoms with E-state index in [2.05, 4.69) is 20.0 Å². The highest BCUT2D eigenvalue weighted by molar-refractivity contribution is 6.28. The molecule has 14 heavy (non-hydrogen) atoms. The van der Waals surface area contributed by atoms with Gasteiger partial charge in [-0.3, -0.25) is 0 Å². The third kappa shape index (κ3) is 3.90. The Kier molecular flexibility index (Phi) is 3.93. The summed E-state index contributed by atoms with van der Waals surface area (Å²) in [6.45, 7) is 0.591. The van der Waals surface area contributed by atoms with Crippen LogP contribution >= 0.6 is 11.6 Å². The smallest absolute Gasteiger partial charge is 0.404 e. The standard InChI is InChI=1S/C7H9ClN4O2/c8-6-11-2-1-5(12-6)10-3-4-14-7(9)13/h1-2H,3-4H2,(H2,9,13)(H,10,11,12). The van der Waals surface area contributed by atoms with Crippen molar-refractivity contribution >= 4 is 23.5 Å². The Labute approximate surface area is 85.4 Å². The van der Waals surface area contributed by atoms with E-state index in [1.807, 2.05) is 0 Å². The molecule has 1 amide bonds. The molecular formula is C7H9ClN4O2. The van der Waals surface area contributed by atoms with Crippen molar-refractivity contribution in [1.29, 1.82) is 0 Å². The van der Waals surface area contributed by atoms with Gasteiger partial charge in [0.2, 0.25) is 5.28 Å². The van der Waals surface area contributed by atoms with E-state index in [4.69, 9.17) is 17.3 Å². The Hall–Kier alpha value is -1.56. The molecule has 0 fully saturated rings. The number of nitrogens with zero attached hydrogens (tertiary/aromatic N) is 2. The lowest BCUT2D eigenvalue weighted by Gasteiger charge is -2.04. The van der Waals surface area contributed by atoms with Crippen LogP contribution < -0.4 is 11.1 Å². The fourth-order valence-corrected chi connectivity index (χ4v) is 0.911. The average molecular weight is 217 g/mol. The Bertz CT molecular complexity index is 320. The van der Waals surface area contributed by atoms with Gasteiger partial charge in [-0.05, 0) is 17.7 Å². The van der Waals surface area contributed by atoms with Crippen LogP contribution in [0.1, 0.15) is 0 Å². The molecule has 0 aliphatic heterocycles. The zero-order chi connectivity index (χ0) is 10.4. The molecule has 1 aromatic heterocycles. The first kappa shape index (κ1) is 10.5. The van der Waals surface area contributed by atoms with Gasteiger partial charge in [-0.2, -0.15) is 0 Å². The molecule has 0 saturated heterocycles. The van der Waals surface area contributed by atoms with Gasteiger partial charge in [0, 0.05) is 6.20 Å². The van der Waals surface area contributed by atoms with Crippen molar-refractivity contribution in [1.82, 2.24) is 9.97 Å². The lowest BCUT2D eigenvalue weighted by Crippen LogP contribution is -2.18. The number of aromatic nitrogens is 2. The van der Waals surface area contributed by atoms with Crippen molar-refractivity contribution < 1.29 is 9.53 Å². The molecule has 7 heteroatoms. The molecule has 3 N–H and O–H groups in total. The van der Waals surface area contributed by atoms with Gasteiger partial charge in [0.05, 0.1) is 6.54 Å². The van der Waals surface area contributed by atoms with Gasteiger partial charge in [-0.25, -0.2) is 14.8 Å². The fourth-order valence-electron chi connectivity index (χ4n) is 0.764. The number of ether oxygens (including phenoxy) is 1. The van der Waals surface area contributed by atoms with Gasteiger partial charge in [0.15, 0.2) is 0 Å². The highest BCUT2D eigenvalue weighted by Crippen LogP contribution is 2.04. The molecule has 0 bridgehead atoms. The van der Waals surface area contributed by atoms with Crippen LogP contribution in [-0.4, -0.2) is 29.2 Å². The summed E-state index contributed by atoms with van der Waals surface area (Å²) in [7, 11) is 0. The largest absolute Gasteiger partial charge is 0.448 e. The summed E-state index contributed by atoms with van der Waals surface area (Å²) in [5, 5.41) is 3.03. The molecule has 76 valence electrons. The minimum atomic E-state index is -0.799. The summed E-state index contributed by atoms with van der Waals surface area (Å²) in [4.78, 5) is 17.8. The van der Waals surface area contributed by atoms with Crippen LogP contribution in [0, 0.1) is 0 Å². The van der Waals surface area contributed by atoms with Crippen molar-refractivity contribution in [2.24, 2.45) is 5.73 Å². The molecule has 0 unspecified atom stereocenters. The van der Waals surface area contributed by atoms with Crippen molar-refractivity contribution in [2.75, 3.05) is 18.5 Å². The first-order valence-electron chi connectivity index (χ1n) is 3.83. The van der Waals surface area contributed by atoms with Crippen LogP contribution in [0.4, 0.5) is 10.6 Å². The number of carbonyl (C=O) groups excluding carboxylic acids is 1. The predicted molar refractivity (Wildman–Crippen MR) is 51.1 cm³/mol. The Balaban J connectivity index is 2.28. The third-order valence-corrected chi connectivity index (χ3v) is 1.46. The number of primary amides is 1. The summed E-state index contributed by atoms with van der Waals surface area (Å²) in [5.41, 5.74) is 4.76. The number of nitrogens with one attached hydrogen (secondary N) is 1. The number of hydrogen-bond donors (Lipinski definition) is 2. The maximum absolute atomic E-state index is 10.2. The van der Waals surface area contributed by atoms with E-state index in [9.17, 15) is 4.79 Å². The van der Waals surface area contributed by atoms with Gasteiger partial charge < -0.3 is 15.8 Å². The van der Waals surface area contributed by atoms with Crippen LogP contribution in [0.25, 0.3) is 0 Å². The van der Waals surface area contributed by atoms with Gasteiger partial charge in [0.1, 0.15) is 12.4 Å². The molecule has 0 radical (unpaired) electrons. The predicted octanol–water partition coefficient (Wildman–Crippen LogP) is 0.637. The minimum Gasteiger partial charge on any atom is -0.448 e. The summed E-state index contributed by atoms with van der Waals surface area (Å²) in [6, 6.07) is 1.65. The molecule has 0 aliphatic carbocycles. The highest BCUT2D eigenvalue weighted by Gasteiger charge is 1.96. The molecule has 6 nitrogen and oxygen atoms in total. The second kappa shape index (κ2) is 5.23. The molecule has 1 rings (SSSR count). The SMILES string of the molecule is NC(=O)OCCNc1ccnc(Cl)n1. The Morgan fingerprint density at radius 1 is 1.71 bits per heavy atom. The molecule has 0 spiro atoms. The first-order valence-corrected chi connectivity index (χ1v) is 4.21. The van der Waals surface area contributed by atoms with E-state index >= 15 is 0 Å². The molecule has 0 atom stereocenters. The minimum absolute atomic E-state index is 0.158. The number of hydrogen-bond acceptors (Lipinski definition) is 5. The molecular weight excluding hydrogens is 208 g/mol. The maximum atomic E-state index is 10.2. The Morgan fingerprint density at radius 2 is 2.50 bits per heavy atom. The van der Waals surface area contributed by atoms with E-state index in [1.54, 1.807) is 6.07 Å². The summed E-state index contributed by atoms with van der Waals surface area (Å²) in [5.74, 6) is 0.568. The molecule has 0 saturated carbocycles. The van der Waals surface area contributed by atoms with Gasteiger partial charge >= 0.3 is 6.09 Å². The zero-order valence-electron chi connectivity index (χ0n) is 7.24. The van der Waals surface area contributed by atoms with Gasteiger partial charge in [0.25, 0.3) is 0 Å². The fraction of sp³-hybridized carbons (Fsp3) is 0.286. The number of carbonyl (C=O) groups is 1. The van der Waals surface area contributed by atoms with Gasteiger partial charge in [-0.15, -0.1) is 0 Å². The second-order valence-electron chi connectivity index (χ2n) is 2.31. The number of halogens is 1. The molecule has 0 aliphatic rings. The van der Waals surface area contributed by atoms with E-state index in [1.165, 1.54) is 6.20 Å². The Morgan fingerprint density at radius 3 is 3.14 bits per heavy atom. The summed E-state index contributed by atoms with van der Waals surface area (Å²) in [6.07, 6.45) is 0.722. The number of nitrogens with two attached hydrogens (primary N) is 1. The van der Waals surface area contributed by atoms with E-state index in [0.29, 0.717) is 12.4 Å². The molecule has 0 aromatic carbocycles. The molecule has 1 aromatic rings. The highest BCUT2D eigenvalue weighted by atomic mass is 35.5. The zero-order valence-corrected chi connectivity index (χ0v) is 7.99. The van der Waals surface area contributed by atoms with Crippen LogP contribution in [0.5, 0.6) is 0 Å². The van der Waals surface area contributed by atoms with Crippen molar-refractivity contribution in [3.63, 3.8) is 0 Å².